The average Bonchev–Trinajstić information content (AvgIpc) is 2.62. The highest BCUT2D eigenvalue weighted by Crippen LogP contribution is 2.13. The second-order valence-corrected chi connectivity index (χ2v) is 2.87. The molecule has 68 valence electrons. The van der Waals surface area contributed by atoms with Gasteiger partial charge < -0.3 is 4.74 Å². The van der Waals surface area contributed by atoms with Crippen LogP contribution in [0.1, 0.15) is 13.3 Å². The number of fused-ring (bicyclic) bond motifs is 1. The minimum Gasteiger partial charge on any atom is -0.479 e. The van der Waals surface area contributed by atoms with Crippen molar-refractivity contribution >= 4 is 5.65 Å². The van der Waals surface area contributed by atoms with Crippen LogP contribution in [0, 0.1) is 0 Å². The number of rotatable bonds is 3. The third-order valence-corrected chi connectivity index (χ3v) is 1.84. The molecule has 0 fully saturated rings. The largest absolute Gasteiger partial charge is 0.479 e. The molecule has 0 aliphatic rings. The van der Waals surface area contributed by atoms with E-state index in [1.165, 1.54) is 0 Å². The summed E-state index contributed by atoms with van der Waals surface area (Å²) in [5.41, 5.74) is 0.925. The number of ether oxygens (including phenoxy) is 1. The molecule has 2 aromatic heterocycles. The van der Waals surface area contributed by atoms with Gasteiger partial charge >= 0.3 is 0 Å². The molecule has 2 heterocycles. The molecule has 2 aromatic rings. The van der Waals surface area contributed by atoms with Gasteiger partial charge in [0.05, 0.1) is 6.61 Å². The molecule has 0 N–H and O–H groups in total. The van der Waals surface area contributed by atoms with E-state index in [9.17, 15) is 0 Å². The van der Waals surface area contributed by atoms with Crippen LogP contribution in [0.5, 0.6) is 5.88 Å². The Morgan fingerprint density at radius 1 is 1.46 bits per heavy atom. The summed E-state index contributed by atoms with van der Waals surface area (Å²) in [7, 11) is 0. The van der Waals surface area contributed by atoms with Crippen molar-refractivity contribution in [3.8, 4) is 5.88 Å². The number of hydrogen-bond donors (Lipinski definition) is 0. The quantitative estimate of drug-likeness (QED) is 0.716. The van der Waals surface area contributed by atoms with Gasteiger partial charge in [0.2, 0.25) is 0 Å². The highest BCUT2D eigenvalue weighted by molar-refractivity contribution is 5.41. The predicted octanol–water partition coefficient (Wildman–Crippen LogP) is 2.12. The monoisotopic (exact) mass is 176 g/mol. The Labute approximate surface area is 77.0 Å². The van der Waals surface area contributed by atoms with Crippen LogP contribution in [0.2, 0.25) is 0 Å². The summed E-state index contributed by atoms with van der Waals surface area (Å²) in [6, 6.07) is 5.86. The topological polar surface area (TPSA) is 26.5 Å². The molecule has 0 unspecified atom stereocenters. The summed E-state index contributed by atoms with van der Waals surface area (Å²) < 4.78 is 7.49. The van der Waals surface area contributed by atoms with Crippen molar-refractivity contribution in [3.63, 3.8) is 0 Å². The first-order chi connectivity index (χ1) is 6.42. The summed E-state index contributed by atoms with van der Waals surface area (Å²) >= 11 is 0. The van der Waals surface area contributed by atoms with Crippen molar-refractivity contribution in [1.29, 1.82) is 0 Å². The van der Waals surface area contributed by atoms with Gasteiger partial charge in [-0.15, -0.1) is 0 Å². The molecule has 0 saturated heterocycles. The van der Waals surface area contributed by atoms with Crippen molar-refractivity contribution < 1.29 is 4.74 Å². The lowest BCUT2D eigenvalue weighted by Crippen LogP contribution is -1.99. The third kappa shape index (κ3) is 1.49. The van der Waals surface area contributed by atoms with Crippen molar-refractivity contribution in [3.05, 3.63) is 30.6 Å². The fourth-order valence-corrected chi connectivity index (χ4v) is 1.25. The van der Waals surface area contributed by atoms with E-state index in [-0.39, 0.29) is 0 Å². The van der Waals surface area contributed by atoms with E-state index < -0.39 is 0 Å². The second-order valence-electron chi connectivity index (χ2n) is 2.87. The number of nitrogens with zero attached hydrogens (tertiary/aromatic N) is 2. The molecule has 13 heavy (non-hydrogen) atoms. The van der Waals surface area contributed by atoms with E-state index in [2.05, 4.69) is 11.9 Å². The molecule has 0 spiro atoms. The van der Waals surface area contributed by atoms with Crippen molar-refractivity contribution in [2.45, 2.75) is 13.3 Å². The Hall–Kier alpha value is -1.51. The van der Waals surface area contributed by atoms with Gasteiger partial charge in [-0.1, -0.05) is 13.0 Å². The molecule has 0 aliphatic carbocycles. The van der Waals surface area contributed by atoms with E-state index in [4.69, 9.17) is 4.74 Å². The highest BCUT2D eigenvalue weighted by atomic mass is 16.5. The summed E-state index contributed by atoms with van der Waals surface area (Å²) in [6.45, 7) is 2.84. The van der Waals surface area contributed by atoms with Crippen LogP contribution in [0.3, 0.4) is 0 Å². The summed E-state index contributed by atoms with van der Waals surface area (Å²) in [5.74, 6) is 0.858. The van der Waals surface area contributed by atoms with Gasteiger partial charge in [-0.2, -0.15) is 0 Å². The zero-order valence-electron chi connectivity index (χ0n) is 7.60. The SMILES string of the molecule is CCCOc1cccc2nccn12. The second kappa shape index (κ2) is 3.47. The molecule has 0 aromatic carbocycles. The first kappa shape index (κ1) is 8.10. The minimum absolute atomic E-state index is 0.747. The van der Waals surface area contributed by atoms with Crippen LogP contribution in [-0.4, -0.2) is 16.0 Å². The Kier molecular flexibility index (Phi) is 2.17. The van der Waals surface area contributed by atoms with Crippen LogP contribution in [0.4, 0.5) is 0 Å². The fourth-order valence-electron chi connectivity index (χ4n) is 1.25. The number of hydrogen-bond acceptors (Lipinski definition) is 2. The molecule has 2 rings (SSSR count). The predicted molar refractivity (Wildman–Crippen MR) is 51.0 cm³/mol. The third-order valence-electron chi connectivity index (χ3n) is 1.84. The van der Waals surface area contributed by atoms with E-state index in [1.807, 2.05) is 28.8 Å². The maximum Gasteiger partial charge on any atom is 0.199 e. The van der Waals surface area contributed by atoms with Gasteiger partial charge in [-0.05, 0) is 18.6 Å². The molecule has 0 radical (unpaired) electrons. The lowest BCUT2D eigenvalue weighted by molar-refractivity contribution is 0.301. The average molecular weight is 176 g/mol. The number of imidazole rings is 1. The zero-order chi connectivity index (χ0) is 9.10. The fraction of sp³-hybridized carbons (Fsp3) is 0.300. The lowest BCUT2D eigenvalue weighted by atomic mass is 10.4. The normalized spacial score (nSPS) is 10.5. The maximum absolute atomic E-state index is 5.55. The number of pyridine rings is 1. The van der Waals surface area contributed by atoms with E-state index in [0.29, 0.717) is 0 Å². The van der Waals surface area contributed by atoms with E-state index in [1.54, 1.807) is 6.20 Å². The first-order valence-corrected chi connectivity index (χ1v) is 4.46. The van der Waals surface area contributed by atoms with Crippen LogP contribution < -0.4 is 4.74 Å². The molecule has 3 nitrogen and oxygen atoms in total. The van der Waals surface area contributed by atoms with Crippen LogP contribution in [-0.2, 0) is 0 Å². The van der Waals surface area contributed by atoms with Gasteiger partial charge in [-0.3, -0.25) is 4.40 Å². The van der Waals surface area contributed by atoms with Crippen molar-refractivity contribution in [1.82, 2.24) is 9.38 Å². The van der Waals surface area contributed by atoms with Gasteiger partial charge in [0.15, 0.2) is 5.88 Å². The standard InChI is InChI=1S/C10H12N2O/c1-2-8-13-10-5-3-4-9-11-6-7-12(9)10/h3-7H,2,8H2,1H3. The summed E-state index contributed by atoms with van der Waals surface area (Å²) in [5, 5.41) is 0. The summed E-state index contributed by atoms with van der Waals surface area (Å²) in [6.07, 6.45) is 4.69. The smallest absolute Gasteiger partial charge is 0.199 e. The van der Waals surface area contributed by atoms with Crippen molar-refractivity contribution in [2.24, 2.45) is 0 Å². The van der Waals surface area contributed by atoms with Gasteiger partial charge in [0, 0.05) is 12.4 Å². The molecular formula is C10H12N2O. The molecule has 3 heteroatoms. The van der Waals surface area contributed by atoms with Gasteiger partial charge in [0.25, 0.3) is 0 Å². The summed E-state index contributed by atoms with van der Waals surface area (Å²) in [4.78, 5) is 4.17. The maximum atomic E-state index is 5.55. The lowest BCUT2D eigenvalue weighted by Gasteiger charge is -2.06. The van der Waals surface area contributed by atoms with Gasteiger partial charge in [-0.25, -0.2) is 4.98 Å². The Bertz CT molecular complexity index is 394. The molecule has 0 aliphatic heterocycles. The van der Waals surface area contributed by atoms with Crippen molar-refractivity contribution in [2.75, 3.05) is 6.61 Å². The highest BCUT2D eigenvalue weighted by Gasteiger charge is 1.99. The Balaban J connectivity index is 2.37. The van der Waals surface area contributed by atoms with Crippen LogP contribution in [0.15, 0.2) is 30.6 Å². The van der Waals surface area contributed by atoms with Gasteiger partial charge in [0.1, 0.15) is 5.65 Å². The minimum atomic E-state index is 0.747. The van der Waals surface area contributed by atoms with E-state index >= 15 is 0 Å². The van der Waals surface area contributed by atoms with Crippen LogP contribution >= 0.6 is 0 Å². The van der Waals surface area contributed by atoms with E-state index in [0.717, 1.165) is 24.6 Å². The first-order valence-electron chi connectivity index (χ1n) is 4.46. The Morgan fingerprint density at radius 3 is 3.23 bits per heavy atom. The van der Waals surface area contributed by atoms with Crippen LogP contribution in [0.25, 0.3) is 5.65 Å². The zero-order valence-corrected chi connectivity index (χ0v) is 7.60. The molecule has 0 atom stereocenters. The molecule has 0 amide bonds. The molecule has 0 saturated carbocycles. The number of aromatic nitrogens is 2. The molecule has 0 bridgehead atoms. The molecular weight excluding hydrogens is 164 g/mol. The Morgan fingerprint density at radius 2 is 2.38 bits per heavy atom.